The number of aliphatic hydroxyl groups is 1. The summed E-state index contributed by atoms with van der Waals surface area (Å²) in [5.41, 5.74) is 6.24. The quantitative estimate of drug-likeness (QED) is 0.799. The largest absolute Gasteiger partial charge is 0.483 e. The van der Waals surface area contributed by atoms with Crippen molar-refractivity contribution in [1.82, 2.24) is 4.90 Å². The van der Waals surface area contributed by atoms with Gasteiger partial charge in [0.15, 0.2) is 6.61 Å². The Morgan fingerprint density at radius 3 is 2.70 bits per heavy atom. The van der Waals surface area contributed by atoms with E-state index in [1.54, 1.807) is 23.1 Å². The highest BCUT2D eigenvalue weighted by Crippen LogP contribution is 2.18. The molecular formula is C14H18N2O3S. The lowest BCUT2D eigenvalue weighted by molar-refractivity contribution is -0.135. The maximum absolute atomic E-state index is 12.0. The van der Waals surface area contributed by atoms with Crippen molar-refractivity contribution in [2.45, 2.75) is 18.9 Å². The lowest BCUT2D eigenvalue weighted by Crippen LogP contribution is -2.42. The van der Waals surface area contributed by atoms with Crippen molar-refractivity contribution in [3.05, 3.63) is 29.8 Å². The number of aliphatic hydroxyl groups excluding tert-OH is 1. The highest BCUT2D eigenvalue weighted by Gasteiger charge is 2.21. The van der Waals surface area contributed by atoms with Crippen LogP contribution in [0.1, 0.15) is 18.4 Å². The Morgan fingerprint density at radius 1 is 1.40 bits per heavy atom. The fraction of sp³-hybridized carbons (Fsp3) is 0.429. The van der Waals surface area contributed by atoms with Crippen LogP contribution >= 0.6 is 12.2 Å². The Hall–Kier alpha value is -1.66. The first kappa shape index (κ1) is 14.7. The molecule has 1 aromatic carbocycles. The highest BCUT2D eigenvalue weighted by atomic mass is 32.1. The van der Waals surface area contributed by atoms with E-state index in [0.717, 1.165) is 0 Å². The molecule has 3 N–H and O–H groups in total. The van der Waals surface area contributed by atoms with E-state index in [2.05, 4.69) is 0 Å². The number of rotatable bonds is 4. The van der Waals surface area contributed by atoms with Crippen LogP contribution in [0.4, 0.5) is 0 Å². The summed E-state index contributed by atoms with van der Waals surface area (Å²) in [6.07, 6.45) is 0.944. The summed E-state index contributed by atoms with van der Waals surface area (Å²) in [6, 6.07) is 7.12. The van der Waals surface area contributed by atoms with Crippen LogP contribution in [0.5, 0.6) is 5.75 Å². The lowest BCUT2D eigenvalue weighted by Gasteiger charge is -2.29. The number of carbonyl (C=O) groups excluding carboxylic acids is 1. The van der Waals surface area contributed by atoms with Crippen LogP contribution in [0.3, 0.4) is 0 Å². The van der Waals surface area contributed by atoms with Crippen LogP contribution in [0.15, 0.2) is 24.3 Å². The van der Waals surface area contributed by atoms with Gasteiger partial charge in [0, 0.05) is 13.1 Å². The fourth-order valence-electron chi connectivity index (χ4n) is 2.14. The summed E-state index contributed by atoms with van der Waals surface area (Å²) >= 11 is 4.94. The van der Waals surface area contributed by atoms with Crippen LogP contribution < -0.4 is 10.5 Å². The summed E-state index contributed by atoms with van der Waals surface area (Å²) < 4.78 is 5.52. The number of nitrogens with two attached hydrogens (primary N) is 1. The SMILES string of the molecule is NC(=S)c1ccccc1OCC(=O)N1CCC(O)CC1. The summed E-state index contributed by atoms with van der Waals surface area (Å²) in [4.78, 5) is 14.0. The smallest absolute Gasteiger partial charge is 0.260 e. The van der Waals surface area contributed by atoms with Gasteiger partial charge in [0.05, 0.1) is 11.7 Å². The van der Waals surface area contributed by atoms with Crippen LogP contribution in [0.25, 0.3) is 0 Å². The molecule has 1 saturated heterocycles. The Bertz CT molecular complexity index is 499. The number of amides is 1. The van der Waals surface area contributed by atoms with Crippen LogP contribution in [-0.2, 0) is 4.79 Å². The average Bonchev–Trinajstić information content (AvgIpc) is 2.45. The van der Waals surface area contributed by atoms with Crippen molar-refractivity contribution < 1.29 is 14.6 Å². The number of nitrogens with zero attached hydrogens (tertiary/aromatic N) is 1. The van der Waals surface area contributed by atoms with E-state index in [0.29, 0.717) is 37.2 Å². The van der Waals surface area contributed by atoms with Gasteiger partial charge in [-0.2, -0.15) is 0 Å². The normalized spacial score (nSPS) is 15.9. The maximum Gasteiger partial charge on any atom is 0.260 e. The molecule has 0 saturated carbocycles. The number of para-hydroxylation sites is 1. The Labute approximate surface area is 123 Å². The van der Waals surface area contributed by atoms with Gasteiger partial charge in [-0.05, 0) is 25.0 Å². The molecule has 1 fully saturated rings. The number of hydrogen-bond donors (Lipinski definition) is 2. The molecule has 108 valence electrons. The van der Waals surface area contributed by atoms with Crippen molar-refractivity contribution in [3.63, 3.8) is 0 Å². The highest BCUT2D eigenvalue weighted by molar-refractivity contribution is 7.80. The Morgan fingerprint density at radius 2 is 2.05 bits per heavy atom. The predicted octanol–water partition coefficient (Wildman–Crippen LogP) is 0.683. The van der Waals surface area contributed by atoms with E-state index in [1.165, 1.54) is 0 Å². The summed E-state index contributed by atoms with van der Waals surface area (Å²) in [5.74, 6) is 0.431. The lowest BCUT2D eigenvalue weighted by atomic mass is 10.1. The molecule has 5 nitrogen and oxygen atoms in total. The molecule has 6 heteroatoms. The third-order valence-corrected chi connectivity index (χ3v) is 3.54. The second-order valence-electron chi connectivity index (χ2n) is 4.76. The number of carbonyl (C=O) groups is 1. The van der Waals surface area contributed by atoms with Gasteiger partial charge in [-0.1, -0.05) is 24.4 Å². The molecule has 0 radical (unpaired) electrons. The van der Waals surface area contributed by atoms with Crippen molar-refractivity contribution in [2.24, 2.45) is 5.73 Å². The number of hydrogen-bond acceptors (Lipinski definition) is 4. The number of piperidine rings is 1. The molecule has 1 heterocycles. The molecule has 0 aliphatic carbocycles. The molecule has 0 unspecified atom stereocenters. The first-order valence-electron chi connectivity index (χ1n) is 6.55. The van der Waals surface area contributed by atoms with Crippen molar-refractivity contribution in [1.29, 1.82) is 0 Å². The third kappa shape index (κ3) is 3.68. The number of likely N-dealkylation sites (tertiary alicyclic amines) is 1. The summed E-state index contributed by atoms with van der Waals surface area (Å²) in [7, 11) is 0. The minimum absolute atomic E-state index is 0.0459. The molecule has 0 atom stereocenters. The van der Waals surface area contributed by atoms with E-state index >= 15 is 0 Å². The van der Waals surface area contributed by atoms with E-state index in [4.69, 9.17) is 22.7 Å². The zero-order valence-corrected chi connectivity index (χ0v) is 11.9. The zero-order valence-electron chi connectivity index (χ0n) is 11.1. The monoisotopic (exact) mass is 294 g/mol. The van der Waals surface area contributed by atoms with Gasteiger partial charge >= 0.3 is 0 Å². The second-order valence-corrected chi connectivity index (χ2v) is 5.20. The van der Waals surface area contributed by atoms with Crippen molar-refractivity contribution in [3.8, 4) is 5.75 Å². The van der Waals surface area contributed by atoms with Gasteiger partial charge < -0.3 is 20.5 Å². The Balaban J connectivity index is 1.92. The summed E-state index contributed by atoms with van der Waals surface area (Å²) in [6.45, 7) is 1.09. The molecule has 0 spiro atoms. The van der Waals surface area contributed by atoms with Gasteiger partial charge in [0.25, 0.3) is 5.91 Å². The molecular weight excluding hydrogens is 276 g/mol. The minimum Gasteiger partial charge on any atom is -0.483 e. The van der Waals surface area contributed by atoms with Gasteiger partial charge in [-0.3, -0.25) is 4.79 Å². The van der Waals surface area contributed by atoms with E-state index in [1.807, 2.05) is 6.07 Å². The van der Waals surface area contributed by atoms with E-state index in [9.17, 15) is 9.90 Å². The van der Waals surface area contributed by atoms with E-state index < -0.39 is 0 Å². The summed E-state index contributed by atoms with van der Waals surface area (Å²) in [5, 5.41) is 9.42. The molecule has 1 aliphatic rings. The minimum atomic E-state index is -0.296. The number of benzene rings is 1. The van der Waals surface area contributed by atoms with Crippen molar-refractivity contribution >= 4 is 23.1 Å². The zero-order chi connectivity index (χ0) is 14.5. The van der Waals surface area contributed by atoms with Crippen LogP contribution in [-0.4, -0.2) is 46.7 Å². The second kappa shape index (κ2) is 6.67. The maximum atomic E-state index is 12.0. The topological polar surface area (TPSA) is 75.8 Å². The average molecular weight is 294 g/mol. The fourth-order valence-corrected chi connectivity index (χ4v) is 2.31. The molecule has 0 bridgehead atoms. The number of thiocarbonyl (C=S) groups is 1. The molecule has 20 heavy (non-hydrogen) atoms. The molecule has 1 amide bonds. The standard InChI is InChI=1S/C14H18N2O3S/c15-14(20)11-3-1-2-4-12(11)19-9-13(18)16-7-5-10(17)6-8-16/h1-4,10,17H,5-9H2,(H2,15,20). The molecule has 1 aromatic rings. The first-order valence-corrected chi connectivity index (χ1v) is 6.96. The van der Waals surface area contributed by atoms with Crippen molar-refractivity contribution in [2.75, 3.05) is 19.7 Å². The molecule has 2 rings (SSSR count). The van der Waals surface area contributed by atoms with Crippen LogP contribution in [0.2, 0.25) is 0 Å². The van der Waals surface area contributed by atoms with Gasteiger partial charge in [0.2, 0.25) is 0 Å². The molecule has 0 aromatic heterocycles. The van der Waals surface area contributed by atoms with Crippen LogP contribution in [0, 0.1) is 0 Å². The molecule has 1 aliphatic heterocycles. The van der Waals surface area contributed by atoms with E-state index in [-0.39, 0.29) is 23.6 Å². The van der Waals surface area contributed by atoms with Gasteiger partial charge in [0.1, 0.15) is 10.7 Å². The number of ether oxygens (including phenoxy) is 1. The third-order valence-electron chi connectivity index (χ3n) is 3.32. The van der Waals surface area contributed by atoms with Gasteiger partial charge in [-0.25, -0.2) is 0 Å². The predicted molar refractivity (Wildman–Crippen MR) is 79.6 cm³/mol. The first-order chi connectivity index (χ1) is 9.58. The van der Waals surface area contributed by atoms with Gasteiger partial charge in [-0.15, -0.1) is 0 Å². The Kier molecular flexibility index (Phi) is 4.92.